The van der Waals surface area contributed by atoms with E-state index in [0.717, 1.165) is 21.1 Å². The quantitative estimate of drug-likeness (QED) is 0.824. The van der Waals surface area contributed by atoms with Crippen molar-refractivity contribution in [2.75, 3.05) is 12.4 Å². The Kier molecular flexibility index (Phi) is 2.19. The Bertz CT molecular complexity index is 440. The van der Waals surface area contributed by atoms with E-state index in [1.807, 2.05) is 25.2 Å². The van der Waals surface area contributed by atoms with Crippen LogP contribution in [0.3, 0.4) is 0 Å². The van der Waals surface area contributed by atoms with E-state index in [-0.39, 0.29) is 0 Å². The van der Waals surface area contributed by atoms with E-state index in [2.05, 4.69) is 32.3 Å². The highest BCUT2D eigenvalue weighted by Crippen LogP contribution is 2.26. The molecule has 3 heteroatoms. The fraction of sp³-hybridized carbons (Fsp3) is 0.100. The summed E-state index contributed by atoms with van der Waals surface area (Å²) in [5.74, 6) is 0. The second-order valence-corrected chi connectivity index (χ2v) is 3.60. The van der Waals surface area contributed by atoms with Crippen molar-refractivity contribution >= 4 is 32.5 Å². The minimum absolute atomic E-state index is 0.995. The third kappa shape index (κ3) is 1.40. The number of pyridine rings is 1. The second-order valence-electron chi connectivity index (χ2n) is 2.74. The van der Waals surface area contributed by atoms with Crippen LogP contribution in [0.4, 0.5) is 5.69 Å². The summed E-state index contributed by atoms with van der Waals surface area (Å²) in [7, 11) is 1.91. The zero-order valence-electron chi connectivity index (χ0n) is 7.21. The molecule has 0 fully saturated rings. The number of hydrogen-bond donors (Lipinski definition) is 1. The molecule has 2 aromatic rings. The van der Waals surface area contributed by atoms with E-state index >= 15 is 0 Å². The number of halogens is 1. The van der Waals surface area contributed by atoms with E-state index < -0.39 is 0 Å². The minimum Gasteiger partial charge on any atom is -0.388 e. The molecule has 2 nitrogen and oxygen atoms in total. The van der Waals surface area contributed by atoms with Gasteiger partial charge in [0.25, 0.3) is 0 Å². The standard InChI is InChI=1S/C10H9BrN2/c1-12-9-5-6-13-10-7(9)3-2-4-8(10)11/h2-6H,1H3,(H,12,13). The third-order valence-electron chi connectivity index (χ3n) is 1.99. The first-order chi connectivity index (χ1) is 6.33. The molecule has 0 aliphatic heterocycles. The van der Waals surface area contributed by atoms with Gasteiger partial charge in [-0.1, -0.05) is 12.1 Å². The number of para-hydroxylation sites is 1. The normalized spacial score (nSPS) is 10.3. The average molecular weight is 237 g/mol. The highest BCUT2D eigenvalue weighted by atomic mass is 79.9. The lowest BCUT2D eigenvalue weighted by Gasteiger charge is -2.05. The summed E-state index contributed by atoms with van der Waals surface area (Å²) in [6, 6.07) is 8.03. The van der Waals surface area contributed by atoms with Crippen LogP contribution in [-0.2, 0) is 0 Å². The van der Waals surface area contributed by atoms with E-state index in [1.165, 1.54) is 0 Å². The van der Waals surface area contributed by atoms with Crippen LogP contribution >= 0.6 is 15.9 Å². The van der Waals surface area contributed by atoms with E-state index in [1.54, 1.807) is 6.20 Å². The Morgan fingerprint density at radius 3 is 2.92 bits per heavy atom. The summed E-state index contributed by atoms with van der Waals surface area (Å²) >= 11 is 3.47. The van der Waals surface area contributed by atoms with Crippen molar-refractivity contribution in [2.45, 2.75) is 0 Å². The molecular weight excluding hydrogens is 228 g/mol. The molecule has 0 amide bonds. The predicted octanol–water partition coefficient (Wildman–Crippen LogP) is 3.04. The molecule has 2 rings (SSSR count). The van der Waals surface area contributed by atoms with Crippen LogP contribution < -0.4 is 5.32 Å². The van der Waals surface area contributed by atoms with Gasteiger partial charge in [0, 0.05) is 28.8 Å². The molecule has 0 aliphatic carbocycles. The molecule has 0 radical (unpaired) electrons. The largest absolute Gasteiger partial charge is 0.388 e. The van der Waals surface area contributed by atoms with Gasteiger partial charge in [0.05, 0.1) is 5.52 Å². The van der Waals surface area contributed by atoms with Crippen molar-refractivity contribution in [3.63, 3.8) is 0 Å². The first-order valence-corrected chi connectivity index (χ1v) is 4.83. The van der Waals surface area contributed by atoms with Crippen LogP contribution in [0.2, 0.25) is 0 Å². The summed E-state index contributed by atoms with van der Waals surface area (Å²) in [5, 5.41) is 4.27. The van der Waals surface area contributed by atoms with Crippen molar-refractivity contribution in [3.8, 4) is 0 Å². The molecule has 1 heterocycles. The van der Waals surface area contributed by atoms with Gasteiger partial charge in [-0.2, -0.15) is 0 Å². The minimum atomic E-state index is 0.995. The number of anilines is 1. The second kappa shape index (κ2) is 3.34. The fourth-order valence-electron chi connectivity index (χ4n) is 1.36. The van der Waals surface area contributed by atoms with E-state index in [0.29, 0.717) is 0 Å². The first-order valence-electron chi connectivity index (χ1n) is 4.04. The Morgan fingerprint density at radius 2 is 2.15 bits per heavy atom. The fourth-order valence-corrected chi connectivity index (χ4v) is 1.83. The van der Waals surface area contributed by atoms with Crippen LogP contribution in [0, 0.1) is 0 Å². The number of rotatable bonds is 1. The van der Waals surface area contributed by atoms with Gasteiger partial charge in [-0.3, -0.25) is 4.98 Å². The zero-order chi connectivity index (χ0) is 9.26. The van der Waals surface area contributed by atoms with Crippen molar-refractivity contribution < 1.29 is 0 Å². The van der Waals surface area contributed by atoms with Crippen molar-refractivity contribution in [2.24, 2.45) is 0 Å². The molecule has 1 N–H and O–H groups in total. The number of nitrogens with one attached hydrogen (secondary N) is 1. The molecule has 0 atom stereocenters. The molecular formula is C10H9BrN2. The van der Waals surface area contributed by atoms with Gasteiger partial charge in [-0.25, -0.2) is 0 Å². The van der Waals surface area contributed by atoms with Crippen LogP contribution in [0.1, 0.15) is 0 Å². The van der Waals surface area contributed by atoms with Gasteiger partial charge in [-0.05, 0) is 28.1 Å². The molecule has 0 unspecified atom stereocenters. The maximum absolute atomic E-state index is 4.30. The average Bonchev–Trinajstić information content (AvgIpc) is 2.18. The Balaban J connectivity index is 2.84. The number of hydrogen-bond acceptors (Lipinski definition) is 2. The van der Waals surface area contributed by atoms with Crippen LogP contribution in [0.5, 0.6) is 0 Å². The van der Waals surface area contributed by atoms with Crippen LogP contribution in [-0.4, -0.2) is 12.0 Å². The zero-order valence-corrected chi connectivity index (χ0v) is 8.80. The van der Waals surface area contributed by atoms with Crippen molar-refractivity contribution in [1.29, 1.82) is 0 Å². The smallest absolute Gasteiger partial charge is 0.0864 e. The summed E-state index contributed by atoms with van der Waals surface area (Å²) in [5.41, 5.74) is 2.10. The van der Waals surface area contributed by atoms with Gasteiger partial charge >= 0.3 is 0 Å². The maximum atomic E-state index is 4.30. The lowest BCUT2D eigenvalue weighted by molar-refractivity contribution is 1.39. The van der Waals surface area contributed by atoms with Gasteiger partial charge in [0.1, 0.15) is 0 Å². The molecule has 13 heavy (non-hydrogen) atoms. The number of nitrogens with zero attached hydrogens (tertiary/aromatic N) is 1. The first kappa shape index (κ1) is 8.51. The third-order valence-corrected chi connectivity index (χ3v) is 2.63. The molecule has 1 aromatic heterocycles. The Hall–Kier alpha value is -1.09. The molecule has 66 valence electrons. The van der Waals surface area contributed by atoms with Crippen molar-refractivity contribution in [1.82, 2.24) is 4.98 Å². The summed E-state index contributed by atoms with van der Waals surface area (Å²) < 4.78 is 1.03. The molecule has 1 aromatic carbocycles. The Morgan fingerprint density at radius 1 is 1.31 bits per heavy atom. The molecule has 0 bridgehead atoms. The van der Waals surface area contributed by atoms with Gasteiger partial charge in [-0.15, -0.1) is 0 Å². The molecule has 0 saturated carbocycles. The van der Waals surface area contributed by atoms with Crippen molar-refractivity contribution in [3.05, 3.63) is 34.9 Å². The van der Waals surface area contributed by atoms with Gasteiger partial charge < -0.3 is 5.32 Å². The maximum Gasteiger partial charge on any atom is 0.0864 e. The van der Waals surface area contributed by atoms with E-state index in [4.69, 9.17) is 0 Å². The molecule has 0 aliphatic rings. The molecule has 0 spiro atoms. The highest BCUT2D eigenvalue weighted by Gasteiger charge is 2.01. The number of fused-ring (bicyclic) bond motifs is 1. The molecule has 0 saturated heterocycles. The highest BCUT2D eigenvalue weighted by molar-refractivity contribution is 9.10. The number of aromatic nitrogens is 1. The summed E-state index contributed by atoms with van der Waals surface area (Å²) in [6.45, 7) is 0. The number of benzene rings is 1. The summed E-state index contributed by atoms with van der Waals surface area (Å²) in [6.07, 6.45) is 1.80. The van der Waals surface area contributed by atoms with Crippen LogP contribution in [0.25, 0.3) is 10.9 Å². The van der Waals surface area contributed by atoms with Gasteiger partial charge in [0.2, 0.25) is 0 Å². The monoisotopic (exact) mass is 236 g/mol. The predicted molar refractivity (Wildman–Crippen MR) is 59.0 cm³/mol. The lowest BCUT2D eigenvalue weighted by atomic mass is 10.2. The van der Waals surface area contributed by atoms with Gasteiger partial charge in [0.15, 0.2) is 0 Å². The SMILES string of the molecule is CNc1ccnc2c(Br)cccc12. The Labute approximate surface area is 85.1 Å². The summed E-state index contributed by atoms with van der Waals surface area (Å²) in [4.78, 5) is 4.30. The van der Waals surface area contributed by atoms with Crippen LogP contribution in [0.15, 0.2) is 34.9 Å². The lowest BCUT2D eigenvalue weighted by Crippen LogP contribution is -1.90. The topological polar surface area (TPSA) is 24.9 Å². The van der Waals surface area contributed by atoms with E-state index in [9.17, 15) is 0 Å².